The number of anilines is 2. The Balaban J connectivity index is 1.99. The van der Waals surface area contributed by atoms with Gasteiger partial charge in [-0.25, -0.2) is 9.18 Å². The molecular formula is C12H12F3N3O3. The molecule has 1 atom stereocenters. The first-order chi connectivity index (χ1) is 9.88. The van der Waals surface area contributed by atoms with Gasteiger partial charge in [0.2, 0.25) is 0 Å². The van der Waals surface area contributed by atoms with Gasteiger partial charge in [0, 0.05) is 0 Å². The average Bonchev–Trinajstić information content (AvgIpc) is 2.80. The summed E-state index contributed by atoms with van der Waals surface area (Å²) in [6.07, 6.45) is -4.68. The zero-order chi connectivity index (χ0) is 15.6. The summed E-state index contributed by atoms with van der Waals surface area (Å²) in [5.74, 6) is -2.13. The molecule has 0 aliphatic carbocycles. The molecule has 0 spiro atoms. The highest BCUT2D eigenvalue weighted by atomic mass is 19.3. The lowest BCUT2D eigenvalue weighted by molar-refractivity contribution is -0.132. The summed E-state index contributed by atoms with van der Waals surface area (Å²) in [6.45, 7) is -0.241. The fourth-order valence-electron chi connectivity index (χ4n) is 1.81. The van der Waals surface area contributed by atoms with E-state index in [2.05, 4.69) is 0 Å². The topological polar surface area (TPSA) is 84.7 Å². The standard InChI is InChI=1S/C12H12F3N3O3/c13-8-3-6(1-2-9(8)16)18-5-7(21-12(18)20)4-17-11(19)10(14)15/h1-3,7,10H,4-5,16H2,(H,17,19)/t7-/m0/s1. The molecule has 2 amide bonds. The number of rotatable bonds is 4. The van der Waals surface area contributed by atoms with Crippen molar-refractivity contribution in [2.45, 2.75) is 12.5 Å². The number of carbonyl (C=O) groups excluding carboxylic acids is 2. The fourth-order valence-corrected chi connectivity index (χ4v) is 1.81. The summed E-state index contributed by atoms with van der Waals surface area (Å²) < 4.78 is 42.3. The van der Waals surface area contributed by atoms with Gasteiger partial charge in [0.25, 0.3) is 5.91 Å². The van der Waals surface area contributed by atoms with Crippen LogP contribution in [0.1, 0.15) is 0 Å². The van der Waals surface area contributed by atoms with Crippen molar-refractivity contribution >= 4 is 23.4 Å². The lowest BCUT2D eigenvalue weighted by Gasteiger charge is -2.13. The second kappa shape index (κ2) is 5.90. The third kappa shape index (κ3) is 3.36. The molecule has 3 N–H and O–H groups in total. The Bertz CT molecular complexity index is 568. The molecule has 9 heteroatoms. The van der Waals surface area contributed by atoms with E-state index in [-0.39, 0.29) is 24.5 Å². The van der Waals surface area contributed by atoms with E-state index in [4.69, 9.17) is 10.5 Å². The molecule has 0 bridgehead atoms. The molecule has 2 rings (SSSR count). The predicted octanol–water partition coefficient (Wildman–Crippen LogP) is 1.11. The monoisotopic (exact) mass is 303 g/mol. The van der Waals surface area contributed by atoms with Gasteiger partial charge in [-0.05, 0) is 18.2 Å². The van der Waals surface area contributed by atoms with Crippen LogP contribution in [0.3, 0.4) is 0 Å². The van der Waals surface area contributed by atoms with Gasteiger partial charge in [-0.1, -0.05) is 0 Å². The normalized spacial score (nSPS) is 18.0. The Labute approximate surface area is 117 Å². The number of nitrogens with zero attached hydrogens (tertiary/aromatic N) is 1. The van der Waals surface area contributed by atoms with Crippen molar-refractivity contribution in [2.24, 2.45) is 0 Å². The summed E-state index contributed by atoms with van der Waals surface area (Å²) in [5.41, 5.74) is 5.50. The maximum Gasteiger partial charge on any atom is 0.414 e. The minimum atomic E-state index is -3.13. The second-order valence-corrected chi connectivity index (χ2v) is 4.37. The number of halogens is 3. The van der Waals surface area contributed by atoms with Crippen molar-refractivity contribution in [1.82, 2.24) is 5.32 Å². The molecule has 1 heterocycles. The minimum Gasteiger partial charge on any atom is -0.442 e. The van der Waals surface area contributed by atoms with E-state index in [1.807, 2.05) is 5.32 Å². The molecule has 6 nitrogen and oxygen atoms in total. The van der Waals surface area contributed by atoms with Crippen LogP contribution in [0.5, 0.6) is 0 Å². The van der Waals surface area contributed by atoms with E-state index in [9.17, 15) is 22.8 Å². The number of cyclic esters (lactones) is 1. The summed E-state index contributed by atoms with van der Waals surface area (Å²) in [6, 6.07) is 3.79. The molecule has 1 aliphatic heterocycles. The van der Waals surface area contributed by atoms with Gasteiger partial charge in [-0.2, -0.15) is 8.78 Å². The number of benzene rings is 1. The van der Waals surface area contributed by atoms with Crippen molar-refractivity contribution in [3.8, 4) is 0 Å². The highest BCUT2D eigenvalue weighted by Crippen LogP contribution is 2.24. The van der Waals surface area contributed by atoms with E-state index >= 15 is 0 Å². The second-order valence-electron chi connectivity index (χ2n) is 4.37. The van der Waals surface area contributed by atoms with Crippen LogP contribution in [0.25, 0.3) is 0 Å². The summed E-state index contributed by atoms with van der Waals surface area (Å²) in [4.78, 5) is 23.5. The molecule has 1 fully saturated rings. The van der Waals surface area contributed by atoms with Crippen molar-refractivity contribution in [3.05, 3.63) is 24.0 Å². The van der Waals surface area contributed by atoms with Crippen LogP contribution in [0.4, 0.5) is 29.3 Å². The van der Waals surface area contributed by atoms with Gasteiger partial charge >= 0.3 is 12.5 Å². The maximum atomic E-state index is 13.4. The highest BCUT2D eigenvalue weighted by Gasteiger charge is 2.33. The van der Waals surface area contributed by atoms with Crippen molar-refractivity contribution in [3.63, 3.8) is 0 Å². The number of nitrogens with two attached hydrogens (primary N) is 1. The largest absolute Gasteiger partial charge is 0.442 e. The van der Waals surface area contributed by atoms with E-state index in [1.54, 1.807) is 0 Å². The third-order valence-electron chi connectivity index (χ3n) is 2.87. The maximum absolute atomic E-state index is 13.4. The van der Waals surface area contributed by atoms with E-state index in [0.717, 1.165) is 11.0 Å². The smallest absolute Gasteiger partial charge is 0.414 e. The molecule has 114 valence electrons. The number of hydrogen-bond acceptors (Lipinski definition) is 4. The first-order valence-electron chi connectivity index (χ1n) is 5.97. The highest BCUT2D eigenvalue weighted by molar-refractivity contribution is 5.90. The Hall–Kier alpha value is -2.45. The first kappa shape index (κ1) is 14.9. The number of amides is 2. The Morgan fingerprint density at radius 1 is 1.52 bits per heavy atom. The molecular weight excluding hydrogens is 291 g/mol. The lowest BCUT2D eigenvalue weighted by Crippen LogP contribution is -2.37. The summed E-state index contributed by atoms with van der Waals surface area (Å²) >= 11 is 0. The van der Waals surface area contributed by atoms with Gasteiger partial charge in [0.15, 0.2) is 0 Å². The summed E-state index contributed by atoms with van der Waals surface area (Å²) in [7, 11) is 0. The molecule has 1 aliphatic rings. The predicted molar refractivity (Wildman–Crippen MR) is 67.4 cm³/mol. The van der Waals surface area contributed by atoms with Crippen LogP contribution in [-0.2, 0) is 9.53 Å². The van der Waals surface area contributed by atoms with E-state index < -0.39 is 30.3 Å². The number of ether oxygens (including phenoxy) is 1. The van der Waals surface area contributed by atoms with Crippen molar-refractivity contribution < 1.29 is 27.5 Å². The molecule has 1 saturated heterocycles. The van der Waals surface area contributed by atoms with Crippen LogP contribution in [0.15, 0.2) is 18.2 Å². The van der Waals surface area contributed by atoms with Gasteiger partial charge in [0.05, 0.1) is 24.5 Å². The minimum absolute atomic E-state index is 0.00566. The van der Waals surface area contributed by atoms with Gasteiger partial charge in [0.1, 0.15) is 11.9 Å². The fraction of sp³-hybridized carbons (Fsp3) is 0.333. The number of nitrogen functional groups attached to an aromatic ring is 1. The van der Waals surface area contributed by atoms with Gasteiger partial charge in [-0.3, -0.25) is 9.69 Å². The quantitative estimate of drug-likeness (QED) is 0.816. The zero-order valence-electron chi connectivity index (χ0n) is 10.7. The SMILES string of the molecule is Nc1ccc(N2C[C@H](CNC(=O)C(F)F)OC2=O)cc1F. The molecule has 1 aromatic carbocycles. The van der Waals surface area contributed by atoms with Crippen LogP contribution in [0.2, 0.25) is 0 Å². The Morgan fingerprint density at radius 2 is 2.24 bits per heavy atom. The van der Waals surface area contributed by atoms with Crippen LogP contribution in [0, 0.1) is 5.82 Å². The molecule has 0 aromatic heterocycles. The molecule has 0 unspecified atom stereocenters. The van der Waals surface area contributed by atoms with Crippen molar-refractivity contribution in [1.29, 1.82) is 0 Å². The van der Waals surface area contributed by atoms with Crippen LogP contribution in [-0.4, -0.2) is 37.6 Å². The average molecular weight is 303 g/mol. The number of alkyl halides is 2. The summed E-state index contributed by atoms with van der Waals surface area (Å²) in [5, 5.41) is 1.95. The lowest BCUT2D eigenvalue weighted by atomic mass is 10.2. The van der Waals surface area contributed by atoms with Crippen molar-refractivity contribution in [2.75, 3.05) is 23.7 Å². The molecule has 0 radical (unpaired) electrons. The zero-order valence-corrected chi connectivity index (χ0v) is 10.7. The van der Waals surface area contributed by atoms with Crippen LogP contribution >= 0.6 is 0 Å². The molecule has 0 saturated carbocycles. The van der Waals surface area contributed by atoms with Crippen LogP contribution < -0.4 is 16.0 Å². The molecule has 1 aromatic rings. The molecule has 21 heavy (non-hydrogen) atoms. The van der Waals surface area contributed by atoms with E-state index in [0.29, 0.717) is 0 Å². The number of hydrogen-bond donors (Lipinski definition) is 2. The Kier molecular flexibility index (Phi) is 4.20. The van der Waals surface area contributed by atoms with Gasteiger partial charge in [-0.15, -0.1) is 0 Å². The number of carbonyl (C=O) groups is 2. The van der Waals surface area contributed by atoms with E-state index in [1.165, 1.54) is 12.1 Å². The Morgan fingerprint density at radius 3 is 2.86 bits per heavy atom. The third-order valence-corrected chi connectivity index (χ3v) is 2.87. The number of nitrogens with one attached hydrogen (secondary N) is 1. The van der Waals surface area contributed by atoms with Gasteiger partial charge < -0.3 is 15.8 Å². The first-order valence-corrected chi connectivity index (χ1v) is 5.97.